The Labute approximate surface area is 158 Å². The van der Waals surface area contributed by atoms with Gasteiger partial charge in [0.15, 0.2) is 0 Å². The number of hydrogen-bond donors (Lipinski definition) is 0. The van der Waals surface area contributed by atoms with Gasteiger partial charge in [0.25, 0.3) is 0 Å². The van der Waals surface area contributed by atoms with Crippen LogP contribution in [0.1, 0.15) is 11.1 Å². The maximum Gasteiger partial charge on any atom is 0.137 e. The van der Waals surface area contributed by atoms with Gasteiger partial charge in [0.1, 0.15) is 5.82 Å². The molecule has 2 aromatic rings. The van der Waals surface area contributed by atoms with E-state index in [2.05, 4.69) is 75.9 Å². The Morgan fingerprint density at radius 2 is 1.57 bits per heavy atom. The van der Waals surface area contributed by atoms with E-state index in [1.165, 1.54) is 11.6 Å². The fraction of sp³-hybridized carbons (Fsp3) is 0.250. The first-order chi connectivity index (χ1) is 10.0. The van der Waals surface area contributed by atoms with E-state index in [9.17, 15) is 4.39 Å². The zero-order valence-electron chi connectivity index (χ0n) is 11.1. The van der Waals surface area contributed by atoms with E-state index in [0.717, 1.165) is 27.1 Å². The average Bonchev–Trinajstić information content (AvgIpc) is 2.49. The van der Waals surface area contributed by atoms with Crippen LogP contribution in [0.4, 0.5) is 4.39 Å². The van der Waals surface area contributed by atoms with Crippen LogP contribution in [0.3, 0.4) is 0 Å². The molecule has 0 radical (unpaired) electrons. The summed E-state index contributed by atoms with van der Waals surface area (Å²) >= 11 is 14.2. The smallest absolute Gasteiger partial charge is 0.137 e. The van der Waals surface area contributed by atoms with Crippen LogP contribution >= 0.6 is 63.7 Å². The molecule has 0 saturated carbocycles. The van der Waals surface area contributed by atoms with Gasteiger partial charge in [-0.1, -0.05) is 72.1 Å². The van der Waals surface area contributed by atoms with Crippen molar-refractivity contribution < 1.29 is 4.39 Å². The summed E-state index contributed by atoms with van der Waals surface area (Å²) in [5.41, 5.74) is 2.23. The van der Waals surface area contributed by atoms with E-state index < -0.39 is 0 Å². The molecule has 0 bridgehead atoms. The van der Waals surface area contributed by atoms with E-state index >= 15 is 0 Å². The topological polar surface area (TPSA) is 0 Å². The Hall–Kier alpha value is 0.290. The lowest BCUT2D eigenvalue weighted by molar-refractivity contribution is 0.546. The largest absolute Gasteiger partial charge is 0.206 e. The molecule has 0 fully saturated rings. The minimum absolute atomic E-state index is 0.0998. The molecule has 0 aliphatic heterocycles. The van der Waals surface area contributed by atoms with E-state index in [1.807, 2.05) is 24.3 Å². The predicted octanol–water partition coefficient (Wildman–Crippen LogP) is 6.62. The van der Waals surface area contributed by atoms with Gasteiger partial charge in [0, 0.05) is 20.5 Å². The second kappa shape index (κ2) is 7.71. The van der Waals surface area contributed by atoms with Gasteiger partial charge in [0.05, 0.1) is 4.47 Å². The number of halogens is 5. The van der Waals surface area contributed by atoms with Gasteiger partial charge >= 0.3 is 0 Å². The molecule has 0 amide bonds. The van der Waals surface area contributed by atoms with Gasteiger partial charge in [-0.2, -0.15) is 0 Å². The molecule has 5 heteroatoms. The normalized spacial score (nSPS) is 11.7. The first-order valence-corrected chi connectivity index (χ1v) is 10.2. The lowest BCUT2D eigenvalue weighted by Gasteiger charge is -2.32. The van der Waals surface area contributed by atoms with E-state index in [0.29, 0.717) is 4.47 Å². The molecular weight excluding hydrogens is 531 g/mol. The van der Waals surface area contributed by atoms with Crippen molar-refractivity contribution in [3.63, 3.8) is 0 Å². The molecule has 2 aromatic carbocycles. The molecule has 0 nitrogen and oxygen atoms in total. The van der Waals surface area contributed by atoms with Gasteiger partial charge in [-0.25, -0.2) is 4.39 Å². The predicted molar refractivity (Wildman–Crippen MR) is 101 cm³/mol. The van der Waals surface area contributed by atoms with E-state index in [4.69, 9.17) is 0 Å². The summed E-state index contributed by atoms with van der Waals surface area (Å²) < 4.78 is 15.0. The Morgan fingerprint density at radius 1 is 0.905 bits per heavy atom. The number of rotatable bonds is 5. The zero-order valence-corrected chi connectivity index (χ0v) is 17.4. The summed E-state index contributed by atoms with van der Waals surface area (Å²) in [6.07, 6.45) is 0.811. The molecule has 2 rings (SSSR count). The van der Waals surface area contributed by atoms with Gasteiger partial charge in [-0.05, 0) is 51.7 Å². The van der Waals surface area contributed by atoms with Gasteiger partial charge < -0.3 is 0 Å². The fourth-order valence-corrected chi connectivity index (χ4v) is 5.36. The maximum absolute atomic E-state index is 13.4. The van der Waals surface area contributed by atoms with Crippen molar-refractivity contribution in [1.82, 2.24) is 0 Å². The van der Waals surface area contributed by atoms with E-state index in [-0.39, 0.29) is 11.2 Å². The van der Waals surface area contributed by atoms with Crippen molar-refractivity contribution in [3.05, 3.63) is 68.4 Å². The van der Waals surface area contributed by atoms with Gasteiger partial charge in [0.2, 0.25) is 0 Å². The van der Waals surface area contributed by atoms with Crippen LogP contribution in [0.15, 0.2) is 51.4 Å². The molecule has 0 aromatic heterocycles. The van der Waals surface area contributed by atoms with Crippen molar-refractivity contribution in [2.45, 2.75) is 11.8 Å². The number of benzene rings is 2. The third-order valence-electron chi connectivity index (χ3n) is 3.48. The van der Waals surface area contributed by atoms with Crippen LogP contribution in [0.5, 0.6) is 0 Å². The standard InChI is InChI=1S/C16H13Br4F/c17-9-16(10-18,12-3-1-2-4-13(12)19)8-11-5-6-15(21)14(20)7-11/h1-7H,8-10H2. The average molecular weight is 544 g/mol. The fourth-order valence-electron chi connectivity index (χ4n) is 2.30. The van der Waals surface area contributed by atoms with Crippen molar-refractivity contribution in [2.75, 3.05) is 10.7 Å². The van der Waals surface area contributed by atoms with Crippen molar-refractivity contribution >= 4 is 63.7 Å². The van der Waals surface area contributed by atoms with Crippen LogP contribution < -0.4 is 0 Å². The summed E-state index contributed by atoms with van der Waals surface area (Å²) in [5, 5.41) is 1.62. The lowest BCUT2D eigenvalue weighted by Crippen LogP contribution is -2.33. The molecule has 0 N–H and O–H groups in total. The molecule has 0 atom stereocenters. The molecule has 112 valence electrons. The molecule has 21 heavy (non-hydrogen) atoms. The summed E-state index contributed by atoms with van der Waals surface area (Å²) in [4.78, 5) is 0. The lowest BCUT2D eigenvalue weighted by atomic mass is 9.79. The highest BCUT2D eigenvalue weighted by atomic mass is 79.9. The SMILES string of the molecule is Fc1ccc(CC(CBr)(CBr)c2ccccc2Br)cc1Br. The second-order valence-corrected chi connectivity index (χ2v) is 7.78. The molecular formula is C16H13Br4F. The van der Waals surface area contributed by atoms with Crippen molar-refractivity contribution in [3.8, 4) is 0 Å². The quantitative estimate of drug-likeness (QED) is 0.372. The summed E-state index contributed by atoms with van der Waals surface area (Å²) in [6.45, 7) is 0. The first kappa shape index (κ1) is 17.6. The van der Waals surface area contributed by atoms with Gasteiger partial charge in [-0.3, -0.25) is 0 Å². The molecule has 0 saturated heterocycles. The molecule has 0 heterocycles. The molecule has 0 unspecified atom stereocenters. The third-order valence-corrected chi connectivity index (χ3v) is 6.93. The number of hydrogen-bond acceptors (Lipinski definition) is 0. The Balaban J connectivity index is 2.43. The minimum atomic E-state index is -0.233. The van der Waals surface area contributed by atoms with Crippen LogP contribution in [0.25, 0.3) is 0 Å². The molecule has 0 spiro atoms. The maximum atomic E-state index is 13.4. The zero-order chi connectivity index (χ0) is 15.5. The van der Waals surface area contributed by atoms with Crippen LogP contribution in [0.2, 0.25) is 0 Å². The van der Waals surface area contributed by atoms with Crippen LogP contribution in [-0.4, -0.2) is 10.7 Å². The van der Waals surface area contributed by atoms with Crippen LogP contribution in [-0.2, 0) is 11.8 Å². The summed E-state index contributed by atoms with van der Waals surface area (Å²) in [7, 11) is 0. The van der Waals surface area contributed by atoms with E-state index in [1.54, 1.807) is 0 Å². The Morgan fingerprint density at radius 3 is 2.14 bits per heavy atom. The third kappa shape index (κ3) is 3.98. The first-order valence-electron chi connectivity index (χ1n) is 6.33. The minimum Gasteiger partial charge on any atom is -0.206 e. The summed E-state index contributed by atoms with van der Waals surface area (Å²) in [6, 6.07) is 13.4. The second-order valence-electron chi connectivity index (χ2n) is 4.95. The number of alkyl halides is 2. The Bertz CT molecular complexity index is 623. The highest BCUT2D eigenvalue weighted by molar-refractivity contribution is 9.11. The van der Waals surface area contributed by atoms with Crippen molar-refractivity contribution in [1.29, 1.82) is 0 Å². The highest BCUT2D eigenvalue weighted by Crippen LogP contribution is 2.37. The monoisotopic (exact) mass is 540 g/mol. The Kier molecular flexibility index (Phi) is 6.48. The van der Waals surface area contributed by atoms with Gasteiger partial charge in [-0.15, -0.1) is 0 Å². The highest BCUT2D eigenvalue weighted by Gasteiger charge is 2.32. The summed E-state index contributed by atoms with van der Waals surface area (Å²) in [5.74, 6) is -0.233. The molecule has 0 aliphatic rings. The van der Waals surface area contributed by atoms with Crippen molar-refractivity contribution in [2.24, 2.45) is 0 Å². The van der Waals surface area contributed by atoms with Crippen LogP contribution in [0, 0.1) is 5.82 Å². The molecule has 0 aliphatic carbocycles.